The van der Waals surface area contributed by atoms with Gasteiger partial charge in [0.2, 0.25) is 0 Å². The maximum atomic E-state index is 5.03. The Hall–Kier alpha value is -1.87. The lowest BCUT2D eigenvalue weighted by Gasteiger charge is -1.96. The molecule has 0 N–H and O–H groups in total. The summed E-state index contributed by atoms with van der Waals surface area (Å²) < 4.78 is 6.31. The molecule has 0 aliphatic rings. The van der Waals surface area contributed by atoms with Crippen LogP contribution in [0.3, 0.4) is 0 Å². The van der Waals surface area contributed by atoms with Crippen LogP contribution in [0.15, 0.2) is 35.1 Å². The summed E-state index contributed by atoms with van der Waals surface area (Å²) in [4.78, 5) is 4.67. The summed E-state index contributed by atoms with van der Waals surface area (Å²) in [5.74, 6) is 0. The number of thiazole rings is 1. The fourth-order valence-electron chi connectivity index (χ4n) is 1.88. The number of aryl methyl sites for hydroxylation is 2. The van der Waals surface area contributed by atoms with Gasteiger partial charge in [0.25, 0.3) is 0 Å². The number of benzene rings is 1. The highest BCUT2D eigenvalue weighted by Crippen LogP contribution is 2.28. The van der Waals surface area contributed by atoms with Gasteiger partial charge in [0.05, 0.1) is 22.7 Å². The van der Waals surface area contributed by atoms with Crippen molar-refractivity contribution in [2.24, 2.45) is 0 Å². The van der Waals surface area contributed by atoms with E-state index in [1.807, 2.05) is 18.2 Å². The highest BCUT2D eigenvalue weighted by Gasteiger charge is 2.06. The molecule has 0 radical (unpaired) electrons. The van der Waals surface area contributed by atoms with E-state index in [2.05, 4.69) is 31.0 Å². The summed E-state index contributed by atoms with van der Waals surface area (Å²) in [6, 6.07) is 6.21. The van der Waals surface area contributed by atoms with Crippen LogP contribution in [0.2, 0.25) is 0 Å². The predicted molar refractivity (Wildman–Crippen MR) is 76.7 cm³/mol. The second kappa shape index (κ2) is 4.42. The number of aromatic nitrogens is 1. The van der Waals surface area contributed by atoms with E-state index >= 15 is 0 Å². The Morgan fingerprint density at radius 3 is 2.67 bits per heavy atom. The van der Waals surface area contributed by atoms with Gasteiger partial charge in [0, 0.05) is 5.56 Å². The molecular formula is C15H13NOS. The van der Waals surface area contributed by atoms with Crippen LogP contribution in [0.1, 0.15) is 21.7 Å². The van der Waals surface area contributed by atoms with Crippen LogP contribution in [-0.2, 0) is 0 Å². The first-order valence-corrected chi connectivity index (χ1v) is 6.63. The molecule has 3 rings (SSSR count). The predicted octanol–water partition coefficient (Wildman–Crippen LogP) is 4.68. The van der Waals surface area contributed by atoms with Gasteiger partial charge in [-0.1, -0.05) is 12.1 Å². The molecule has 90 valence electrons. The van der Waals surface area contributed by atoms with Gasteiger partial charge in [-0.05, 0) is 43.2 Å². The topological polar surface area (TPSA) is 26.0 Å². The quantitative estimate of drug-likeness (QED) is 0.664. The maximum Gasteiger partial charge on any atom is 0.117 e. The van der Waals surface area contributed by atoms with Crippen LogP contribution in [-0.4, -0.2) is 4.98 Å². The van der Waals surface area contributed by atoms with Gasteiger partial charge in [-0.2, -0.15) is 0 Å². The van der Waals surface area contributed by atoms with Gasteiger partial charge in [-0.25, -0.2) is 4.98 Å². The Morgan fingerprint density at radius 2 is 1.94 bits per heavy atom. The van der Waals surface area contributed by atoms with Crippen LogP contribution in [0, 0.1) is 13.8 Å². The van der Waals surface area contributed by atoms with Crippen LogP contribution in [0.4, 0.5) is 0 Å². The Labute approximate surface area is 110 Å². The number of nitrogens with zero attached hydrogens (tertiary/aromatic N) is 1. The normalized spacial score (nSPS) is 11.7. The third-order valence-corrected chi connectivity index (χ3v) is 4.08. The van der Waals surface area contributed by atoms with E-state index in [-0.39, 0.29) is 0 Å². The molecule has 2 nitrogen and oxygen atoms in total. The van der Waals surface area contributed by atoms with Crippen LogP contribution in [0.5, 0.6) is 0 Å². The zero-order valence-electron chi connectivity index (χ0n) is 10.3. The monoisotopic (exact) mass is 255 g/mol. The Morgan fingerprint density at radius 1 is 1.11 bits per heavy atom. The van der Waals surface area contributed by atoms with Crippen molar-refractivity contribution in [2.75, 3.05) is 0 Å². The maximum absolute atomic E-state index is 5.03. The minimum atomic E-state index is 1.03. The molecule has 0 amide bonds. The number of rotatable bonds is 2. The molecule has 3 heteroatoms. The summed E-state index contributed by atoms with van der Waals surface area (Å²) in [6.45, 7) is 4.23. The average molecular weight is 255 g/mol. The lowest BCUT2D eigenvalue weighted by Crippen LogP contribution is -1.78. The van der Waals surface area contributed by atoms with E-state index in [4.69, 9.17) is 4.42 Å². The summed E-state index contributed by atoms with van der Waals surface area (Å²) in [5, 5.41) is 1.03. The SMILES string of the molecule is Cc1ccc(C)c2sc(/C=C/c3ccoc3)nc12. The fraction of sp³-hybridized carbons (Fsp3) is 0.133. The van der Waals surface area contributed by atoms with Gasteiger partial charge in [0.1, 0.15) is 5.01 Å². The Balaban J connectivity index is 2.04. The molecule has 0 bridgehead atoms. The van der Waals surface area contributed by atoms with E-state index in [0.717, 1.165) is 16.1 Å². The molecule has 2 aromatic heterocycles. The summed E-state index contributed by atoms with van der Waals surface area (Å²) >= 11 is 1.73. The van der Waals surface area contributed by atoms with Crippen molar-refractivity contribution in [3.63, 3.8) is 0 Å². The zero-order valence-corrected chi connectivity index (χ0v) is 11.1. The molecule has 0 fully saturated rings. The Bertz CT molecular complexity index is 669. The minimum absolute atomic E-state index is 1.03. The third-order valence-electron chi connectivity index (χ3n) is 2.92. The highest BCUT2D eigenvalue weighted by atomic mass is 32.1. The van der Waals surface area contributed by atoms with Gasteiger partial charge in [-0.3, -0.25) is 0 Å². The van der Waals surface area contributed by atoms with Gasteiger partial charge in [0.15, 0.2) is 0 Å². The first-order chi connectivity index (χ1) is 8.74. The van der Waals surface area contributed by atoms with E-state index in [1.54, 1.807) is 23.9 Å². The van der Waals surface area contributed by atoms with Crippen molar-refractivity contribution in [1.29, 1.82) is 0 Å². The van der Waals surface area contributed by atoms with Crippen LogP contribution < -0.4 is 0 Å². The van der Waals surface area contributed by atoms with Crippen molar-refractivity contribution in [3.8, 4) is 0 Å². The molecule has 0 spiro atoms. The summed E-state index contributed by atoms with van der Waals surface area (Å²) in [6.07, 6.45) is 7.45. The number of hydrogen-bond acceptors (Lipinski definition) is 3. The van der Waals surface area contributed by atoms with Crippen LogP contribution >= 0.6 is 11.3 Å². The number of hydrogen-bond donors (Lipinski definition) is 0. The zero-order chi connectivity index (χ0) is 12.5. The van der Waals surface area contributed by atoms with Crippen LogP contribution in [0.25, 0.3) is 22.4 Å². The molecule has 0 saturated heterocycles. The smallest absolute Gasteiger partial charge is 0.117 e. The summed E-state index contributed by atoms with van der Waals surface area (Å²) in [7, 11) is 0. The van der Waals surface area contributed by atoms with E-state index < -0.39 is 0 Å². The summed E-state index contributed by atoms with van der Waals surface area (Å²) in [5.41, 5.74) is 4.69. The second-order valence-corrected chi connectivity index (χ2v) is 5.35. The standard InChI is InChI=1S/C15H13NOS/c1-10-3-4-11(2)15-14(10)16-13(18-15)6-5-12-7-8-17-9-12/h3-9H,1-2H3/b6-5+. The first-order valence-electron chi connectivity index (χ1n) is 5.81. The van der Waals surface area contributed by atoms with Crippen molar-refractivity contribution < 1.29 is 4.42 Å². The molecular weight excluding hydrogens is 242 g/mol. The van der Waals surface area contributed by atoms with Crippen molar-refractivity contribution >= 4 is 33.7 Å². The van der Waals surface area contributed by atoms with Crippen molar-refractivity contribution in [2.45, 2.75) is 13.8 Å². The highest BCUT2D eigenvalue weighted by molar-refractivity contribution is 7.19. The molecule has 0 aliphatic carbocycles. The van der Waals surface area contributed by atoms with Gasteiger partial charge < -0.3 is 4.42 Å². The molecule has 18 heavy (non-hydrogen) atoms. The fourth-order valence-corrected chi connectivity index (χ4v) is 2.90. The molecule has 0 aliphatic heterocycles. The lowest BCUT2D eigenvalue weighted by molar-refractivity contribution is 0.567. The van der Waals surface area contributed by atoms with Gasteiger partial charge in [-0.15, -0.1) is 11.3 Å². The van der Waals surface area contributed by atoms with Crippen molar-refractivity contribution in [1.82, 2.24) is 4.98 Å². The molecule has 0 saturated carbocycles. The molecule has 1 aromatic carbocycles. The lowest BCUT2D eigenvalue weighted by atomic mass is 10.1. The molecule has 3 aromatic rings. The number of fused-ring (bicyclic) bond motifs is 1. The average Bonchev–Trinajstić information content (AvgIpc) is 3.00. The Kier molecular flexibility index (Phi) is 2.76. The van der Waals surface area contributed by atoms with Gasteiger partial charge >= 0.3 is 0 Å². The molecule has 2 heterocycles. The van der Waals surface area contributed by atoms with Crippen molar-refractivity contribution in [3.05, 3.63) is 52.4 Å². The molecule has 0 atom stereocenters. The number of furan rings is 1. The van der Waals surface area contributed by atoms with E-state index in [1.165, 1.54) is 15.8 Å². The third kappa shape index (κ3) is 1.97. The first kappa shape index (κ1) is 11.2. The molecule has 0 unspecified atom stereocenters. The van der Waals surface area contributed by atoms with E-state index in [0.29, 0.717) is 0 Å². The largest absolute Gasteiger partial charge is 0.472 e. The van der Waals surface area contributed by atoms with E-state index in [9.17, 15) is 0 Å². The second-order valence-electron chi connectivity index (χ2n) is 4.32. The minimum Gasteiger partial charge on any atom is -0.472 e.